The van der Waals surface area contributed by atoms with E-state index in [0.29, 0.717) is 5.56 Å². The van der Waals surface area contributed by atoms with E-state index >= 15 is 0 Å². The SMILES string of the molecule is CC[S+]([O-])C(C)C(=O)Nc1c(F)ccc(NC(=O)c2ccccc2)c1F. The Hall–Kier alpha value is -2.45. The highest BCUT2D eigenvalue weighted by Gasteiger charge is 2.26. The van der Waals surface area contributed by atoms with Crippen molar-refractivity contribution < 1.29 is 22.9 Å². The normalized spacial score (nSPS) is 13.0. The Morgan fingerprint density at radius 3 is 2.38 bits per heavy atom. The number of nitrogens with one attached hydrogen (secondary N) is 2. The van der Waals surface area contributed by atoms with Crippen LogP contribution in [0.15, 0.2) is 42.5 Å². The molecule has 0 aliphatic carbocycles. The highest BCUT2D eigenvalue weighted by Crippen LogP contribution is 2.27. The lowest BCUT2D eigenvalue weighted by Crippen LogP contribution is -2.34. The van der Waals surface area contributed by atoms with Gasteiger partial charge < -0.3 is 15.2 Å². The van der Waals surface area contributed by atoms with Gasteiger partial charge in [0, 0.05) is 5.56 Å². The lowest BCUT2D eigenvalue weighted by atomic mass is 10.2. The summed E-state index contributed by atoms with van der Waals surface area (Å²) in [7, 11) is 0. The molecule has 138 valence electrons. The largest absolute Gasteiger partial charge is 0.616 e. The zero-order valence-electron chi connectivity index (χ0n) is 14.2. The van der Waals surface area contributed by atoms with E-state index in [9.17, 15) is 22.9 Å². The molecule has 2 rings (SSSR count). The standard InChI is InChI=1S/C18H18F2N2O3S/c1-3-26(25)11(2)17(23)22-16-13(19)9-10-14(15(16)20)21-18(24)12-7-5-4-6-8-12/h4-11H,3H2,1-2H3,(H,21,24)(H,22,23). The average Bonchev–Trinajstić information content (AvgIpc) is 2.66. The molecular weight excluding hydrogens is 362 g/mol. The van der Waals surface area contributed by atoms with Crippen molar-refractivity contribution in [3.8, 4) is 0 Å². The molecule has 2 unspecified atom stereocenters. The van der Waals surface area contributed by atoms with E-state index in [1.165, 1.54) is 6.92 Å². The fraction of sp³-hybridized carbons (Fsp3) is 0.222. The van der Waals surface area contributed by atoms with Crippen LogP contribution in [0.2, 0.25) is 0 Å². The first-order valence-electron chi connectivity index (χ1n) is 7.87. The third kappa shape index (κ3) is 4.59. The smallest absolute Gasteiger partial charge is 0.277 e. The van der Waals surface area contributed by atoms with Crippen molar-refractivity contribution in [2.75, 3.05) is 16.4 Å². The quantitative estimate of drug-likeness (QED) is 0.755. The molecular formula is C18H18F2N2O3S. The van der Waals surface area contributed by atoms with Gasteiger partial charge in [-0.3, -0.25) is 9.59 Å². The molecule has 0 heterocycles. The Bertz CT molecular complexity index is 803. The summed E-state index contributed by atoms with van der Waals surface area (Å²) < 4.78 is 40.2. The first-order chi connectivity index (χ1) is 12.3. The van der Waals surface area contributed by atoms with Crippen LogP contribution in [0, 0.1) is 11.6 Å². The zero-order chi connectivity index (χ0) is 19.3. The summed E-state index contributed by atoms with van der Waals surface area (Å²) in [5.41, 5.74) is -0.672. The third-order valence-corrected chi connectivity index (χ3v) is 5.24. The maximum Gasteiger partial charge on any atom is 0.277 e. The molecule has 0 saturated carbocycles. The molecule has 0 aliphatic rings. The molecule has 2 N–H and O–H groups in total. The molecule has 0 aromatic heterocycles. The van der Waals surface area contributed by atoms with E-state index in [-0.39, 0.29) is 11.4 Å². The Morgan fingerprint density at radius 2 is 1.77 bits per heavy atom. The molecule has 2 amide bonds. The van der Waals surface area contributed by atoms with E-state index in [2.05, 4.69) is 10.6 Å². The van der Waals surface area contributed by atoms with Crippen molar-refractivity contribution in [3.63, 3.8) is 0 Å². The summed E-state index contributed by atoms with van der Waals surface area (Å²) in [5, 5.41) is 3.52. The van der Waals surface area contributed by atoms with Gasteiger partial charge in [-0.05, 0) is 49.3 Å². The highest BCUT2D eigenvalue weighted by atomic mass is 32.2. The predicted octanol–water partition coefficient (Wildman–Crippen LogP) is 3.31. The van der Waals surface area contributed by atoms with Crippen molar-refractivity contribution in [1.82, 2.24) is 0 Å². The summed E-state index contributed by atoms with van der Waals surface area (Å²) >= 11 is -1.45. The van der Waals surface area contributed by atoms with Crippen molar-refractivity contribution in [1.29, 1.82) is 0 Å². The van der Waals surface area contributed by atoms with Gasteiger partial charge in [0.2, 0.25) is 0 Å². The van der Waals surface area contributed by atoms with Gasteiger partial charge in [0.05, 0.1) is 5.69 Å². The number of benzene rings is 2. The Labute approximate surface area is 153 Å². The first-order valence-corrected chi connectivity index (χ1v) is 9.25. The molecule has 5 nitrogen and oxygen atoms in total. The van der Waals surface area contributed by atoms with Gasteiger partial charge >= 0.3 is 0 Å². The van der Waals surface area contributed by atoms with Crippen LogP contribution in [0.5, 0.6) is 0 Å². The minimum Gasteiger partial charge on any atom is -0.616 e. The Morgan fingerprint density at radius 1 is 1.12 bits per heavy atom. The minimum atomic E-state index is -1.45. The maximum absolute atomic E-state index is 14.6. The van der Waals surface area contributed by atoms with Crippen LogP contribution >= 0.6 is 0 Å². The molecule has 0 fully saturated rings. The second kappa shape index (κ2) is 8.77. The van der Waals surface area contributed by atoms with E-state index in [1.54, 1.807) is 37.3 Å². The van der Waals surface area contributed by atoms with Crippen LogP contribution < -0.4 is 10.6 Å². The van der Waals surface area contributed by atoms with E-state index in [4.69, 9.17) is 0 Å². The second-order valence-corrected chi connectivity index (χ2v) is 7.45. The van der Waals surface area contributed by atoms with Crippen LogP contribution in [0.25, 0.3) is 0 Å². The number of anilines is 2. The number of carbonyl (C=O) groups is 2. The van der Waals surface area contributed by atoms with Crippen LogP contribution in [-0.4, -0.2) is 27.4 Å². The Balaban J connectivity index is 2.23. The van der Waals surface area contributed by atoms with Crippen molar-refractivity contribution >= 4 is 34.4 Å². The Kier molecular flexibility index (Phi) is 6.70. The van der Waals surface area contributed by atoms with Crippen LogP contribution in [0.1, 0.15) is 24.2 Å². The van der Waals surface area contributed by atoms with Crippen LogP contribution in [0.4, 0.5) is 20.2 Å². The van der Waals surface area contributed by atoms with Crippen molar-refractivity contribution in [2.45, 2.75) is 19.1 Å². The number of hydrogen-bond acceptors (Lipinski definition) is 3. The van der Waals surface area contributed by atoms with E-state index in [1.807, 2.05) is 0 Å². The number of rotatable bonds is 6. The van der Waals surface area contributed by atoms with Gasteiger partial charge in [0.1, 0.15) is 17.3 Å². The summed E-state index contributed by atoms with van der Waals surface area (Å²) in [6.07, 6.45) is 0. The molecule has 26 heavy (non-hydrogen) atoms. The third-order valence-electron chi connectivity index (χ3n) is 3.67. The summed E-state index contributed by atoms with van der Waals surface area (Å²) in [5.74, 6) is -3.21. The van der Waals surface area contributed by atoms with Gasteiger partial charge in [-0.15, -0.1) is 0 Å². The van der Waals surface area contributed by atoms with Gasteiger partial charge in [0.25, 0.3) is 11.8 Å². The van der Waals surface area contributed by atoms with Gasteiger partial charge in [-0.2, -0.15) is 0 Å². The van der Waals surface area contributed by atoms with E-state index in [0.717, 1.165) is 12.1 Å². The summed E-state index contributed by atoms with van der Waals surface area (Å²) in [4.78, 5) is 24.2. The first kappa shape index (κ1) is 19.9. The topological polar surface area (TPSA) is 81.3 Å². The maximum atomic E-state index is 14.6. The fourth-order valence-corrected chi connectivity index (χ4v) is 2.94. The van der Waals surface area contributed by atoms with Crippen molar-refractivity contribution in [2.24, 2.45) is 0 Å². The molecule has 2 aromatic rings. The van der Waals surface area contributed by atoms with E-state index < -0.39 is 45.6 Å². The van der Waals surface area contributed by atoms with Gasteiger partial charge in [0.15, 0.2) is 11.1 Å². The van der Waals surface area contributed by atoms with Crippen molar-refractivity contribution in [3.05, 3.63) is 59.7 Å². The summed E-state index contributed by atoms with van der Waals surface area (Å²) in [6, 6.07) is 10.1. The molecule has 0 spiro atoms. The molecule has 0 bridgehead atoms. The number of halogens is 2. The highest BCUT2D eigenvalue weighted by molar-refractivity contribution is 7.92. The summed E-state index contributed by atoms with van der Waals surface area (Å²) in [6.45, 7) is 3.05. The predicted molar refractivity (Wildman–Crippen MR) is 97.5 cm³/mol. The molecule has 2 atom stereocenters. The molecule has 8 heteroatoms. The van der Waals surface area contributed by atoms with Gasteiger partial charge in [-0.1, -0.05) is 18.2 Å². The minimum absolute atomic E-state index is 0.243. The number of carbonyl (C=O) groups excluding carboxylic acids is 2. The molecule has 2 aromatic carbocycles. The van der Waals surface area contributed by atoms with Crippen LogP contribution in [-0.2, 0) is 16.0 Å². The molecule has 0 aliphatic heterocycles. The fourth-order valence-electron chi connectivity index (χ4n) is 2.14. The number of amides is 2. The monoisotopic (exact) mass is 380 g/mol. The van der Waals surface area contributed by atoms with Crippen LogP contribution in [0.3, 0.4) is 0 Å². The molecule has 0 radical (unpaired) electrons. The lowest BCUT2D eigenvalue weighted by Gasteiger charge is -2.17. The second-order valence-electron chi connectivity index (χ2n) is 5.40. The molecule has 0 saturated heterocycles. The lowest BCUT2D eigenvalue weighted by molar-refractivity contribution is -0.115. The van der Waals surface area contributed by atoms with Gasteiger partial charge in [-0.25, -0.2) is 8.78 Å². The number of hydrogen-bond donors (Lipinski definition) is 2. The average molecular weight is 380 g/mol. The zero-order valence-corrected chi connectivity index (χ0v) is 15.0.